The van der Waals surface area contributed by atoms with Gasteiger partial charge in [-0.1, -0.05) is 42.5 Å². The van der Waals surface area contributed by atoms with Crippen molar-refractivity contribution < 1.29 is 14.6 Å². The number of benzene rings is 3. The molecule has 1 aromatic heterocycles. The highest BCUT2D eigenvalue weighted by Crippen LogP contribution is 2.38. The maximum atomic E-state index is 13.5. The van der Waals surface area contributed by atoms with Crippen LogP contribution in [0.1, 0.15) is 18.5 Å². The summed E-state index contributed by atoms with van der Waals surface area (Å²) in [6, 6.07) is 23.0. The van der Waals surface area contributed by atoms with Gasteiger partial charge in [0.15, 0.2) is 5.82 Å². The van der Waals surface area contributed by atoms with E-state index in [-0.39, 0.29) is 11.7 Å². The largest absolute Gasteiger partial charge is 0.508 e. The molecule has 8 nitrogen and oxygen atoms in total. The molecule has 1 aliphatic rings. The minimum atomic E-state index is -0.608. The van der Waals surface area contributed by atoms with Gasteiger partial charge >= 0.3 is 0 Å². The average molecular weight is 454 g/mol. The number of aromatic hydroxyl groups is 1. The molecular formula is C26H23N5O3. The van der Waals surface area contributed by atoms with Crippen molar-refractivity contribution in [3.63, 3.8) is 0 Å². The molecule has 0 saturated carbocycles. The molecule has 3 aromatic carbocycles. The number of nitrogens with zero attached hydrogens (tertiary/aromatic N) is 3. The van der Waals surface area contributed by atoms with Crippen molar-refractivity contribution in [1.82, 2.24) is 14.8 Å². The Morgan fingerprint density at radius 2 is 1.82 bits per heavy atom. The lowest BCUT2D eigenvalue weighted by Gasteiger charge is -2.28. The lowest BCUT2D eigenvalue weighted by molar-refractivity contribution is -0.113. The summed E-state index contributed by atoms with van der Waals surface area (Å²) >= 11 is 0. The number of rotatable bonds is 5. The van der Waals surface area contributed by atoms with Crippen LogP contribution in [0.25, 0.3) is 11.4 Å². The Hall–Kier alpha value is -4.59. The van der Waals surface area contributed by atoms with E-state index < -0.39 is 6.04 Å². The van der Waals surface area contributed by atoms with E-state index in [1.165, 1.54) is 0 Å². The molecule has 170 valence electrons. The van der Waals surface area contributed by atoms with Crippen molar-refractivity contribution in [2.75, 3.05) is 17.7 Å². The van der Waals surface area contributed by atoms with E-state index >= 15 is 0 Å². The number of phenols is 1. The number of phenolic OH excluding ortho intramolecular Hbond substituents is 1. The minimum Gasteiger partial charge on any atom is -0.508 e. The number of aromatic nitrogens is 3. The Morgan fingerprint density at radius 1 is 1.06 bits per heavy atom. The van der Waals surface area contributed by atoms with Crippen molar-refractivity contribution in [3.05, 3.63) is 95.7 Å². The number of ether oxygens (including phenoxy) is 1. The molecule has 0 fully saturated rings. The predicted octanol–water partition coefficient (Wildman–Crippen LogP) is 4.59. The van der Waals surface area contributed by atoms with Gasteiger partial charge in [0.2, 0.25) is 5.95 Å². The molecule has 2 heterocycles. The van der Waals surface area contributed by atoms with Gasteiger partial charge < -0.3 is 20.5 Å². The zero-order chi connectivity index (χ0) is 23.7. The summed E-state index contributed by atoms with van der Waals surface area (Å²) in [5.74, 6) is 1.42. The highest BCUT2D eigenvalue weighted by Gasteiger charge is 2.35. The minimum absolute atomic E-state index is 0.100. The number of anilines is 2. The molecule has 34 heavy (non-hydrogen) atoms. The summed E-state index contributed by atoms with van der Waals surface area (Å²) in [7, 11) is 1.60. The number of hydrogen-bond donors (Lipinski definition) is 3. The number of fused-ring (bicyclic) bond motifs is 1. The fraction of sp³-hybridized carbons (Fsp3) is 0.115. The van der Waals surface area contributed by atoms with Gasteiger partial charge in [0.05, 0.1) is 18.2 Å². The third-order valence-corrected chi connectivity index (χ3v) is 5.66. The second-order valence-electron chi connectivity index (χ2n) is 7.89. The topological polar surface area (TPSA) is 101 Å². The Kier molecular flexibility index (Phi) is 5.47. The van der Waals surface area contributed by atoms with Crippen LogP contribution in [0.5, 0.6) is 11.5 Å². The van der Waals surface area contributed by atoms with Gasteiger partial charge in [-0.25, -0.2) is 4.68 Å². The quantitative estimate of drug-likeness (QED) is 0.409. The molecule has 3 N–H and O–H groups in total. The van der Waals surface area contributed by atoms with Gasteiger partial charge in [-0.15, -0.1) is 5.10 Å². The molecule has 0 radical (unpaired) electrons. The van der Waals surface area contributed by atoms with Gasteiger partial charge in [0.25, 0.3) is 5.91 Å². The molecule has 8 heteroatoms. The van der Waals surface area contributed by atoms with Crippen molar-refractivity contribution in [2.24, 2.45) is 0 Å². The van der Waals surface area contributed by atoms with E-state index in [0.717, 1.165) is 5.56 Å². The normalized spacial score (nSPS) is 14.8. The molecule has 0 saturated heterocycles. The highest BCUT2D eigenvalue weighted by atomic mass is 16.5. The van der Waals surface area contributed by atoms with E-state index in [4.69, 9.17) is 9.84 Å². The summed E-state index contributed by atoms with van der Waals surface area (Å²) in [4.78, 5) is 18.2. The van der Waals surface area contributed by atoms with E-state index in [1.807, 2.05) is 67.6 Å². The van der Waals surface area contributed by atoms with Crippen molar-refractivity contribution in [1.29, 1.82) is 0 Å². The van der Waals surface area contributed by atoms with Crippen molar-refractivity contribution in [2.45, 2.75) is 13.0 Å². The molecule has 1 atom stereocenters. The molecular weight excluding hydrogens is 430 g/mol. The first-order valence-corrected chi connectivity index (χ1v) is 10.8. The lowest BCUT2D eigenvalue weighted by Crippen LogP contribution is -2.31. The number of carbonyl (C=O) groups excluding carboxylic acids is 1. The third-order valence-electron chi connectivity index (χ3n) is 5.66. The van der Waals surface area contributed by atoms with Crippen LogP contribution in [-0.4, -0.2) is 32.9 Å². The Bertz CT molecular complexity index is 1390. The molecule has 0 spiro atoms. The number of amides is 1. The average Bonchev–Trinajstić information content (AvgIpc) is 3.27. The van der Waals surface area contributed by atoms with Crippen LogP contribution in [-0.2, 0) is 4.79 Å². The summed E-state index contributed by atoms with van der Waals surface area (Å²) < 4.78 is 7.16. The summed E-state index contributed by atoms with van der Waals surface area (Å²) in [6.07, 6.45) is 0. The van der Waals surface area contributed by atoms with Crippen LogP contribution >= 0.6 is 0 Å². The number of methoxy groups -OCH3 is 1. The van der Waals surface area contributed by atoms with Gasteiger partial charge in [-0.3, -0.25) is 4.79 Å². The van der Waals surface area contributed by atoms with Crippen LogP contribution < -0.4 is 15.4 Å². The van der Waals surface area contributed by atoms with E-state index in [0.29, 0.717) is 40.0 Å². The van der Waals surface area contributed by atoms with Gasteiger partial charge in [0.1, 0.15) is 17.5 Å². The zero-order valence-corrected chi connectivity index (χ0v) is 18.7. The summed E-state index contributed by atoms with van der Waals surface area (Å²) in [6.45, 7) is 1.83. The second kappa shape index (κ2) is 8.74. The molecule has 0 bridgehead atoms. The molecule has 5 rings (SSSR count). The first-order valence-electron chi connectivity index (χ1n) is 10.8. The van der Waals surface area contributed by atoms with Gasteiger partial charge in [-0.2, -0.15) is 4.98 Å². The number of nitrogens with one attached hydrogen (secondary N) is 2. The van der Waals surface area contributed by atoms with Crippen LogP contribution in [0.15, 0.2) is 90.1 Å². The summed E-state index contributed by atoms with van der Waals surface area (Å²) in [5.41, 5.74) is 3.24. The fourth-order valence-electron chi connectivity index (χ4n) is 4.11. The Balaban J connectivity index is 1.63. The van der Waals surface area contributed by atoms with E-state index in [9.17, 15) is 9.90 Å². The fourth-order valence-corrected chi connectivity index (χ4v) is 4.11. The monoisotopic (exact) mass is 453 g/mol. The van der Waals surface area contributed by atoms with E-state index in [1.54, 1.807) is 30.0 Å². The summed E-state index contributed by atoms with van der Waals surface area (Å²) in [5, 5.41) is 21.1. The second-order valence-corrected chi connectivity index (χ2v) is 7.89. The smallest absolute Gasteiger partial charge is 0.255 e. The molecule has 1 aliphatic heterocycles. The van der Waals surface area contributed by atoms with Crippen LogP contribution in [0.2, 0.25) is 0 Å². The molecule has 1 amide bonds. The zero-order valence-electron chi connectivity index (χ0n) is 18.7. The van der Waals surface area contributed by atoms with Crippen LogP contribution in [0.3, 0.4) is 0 Å². The predicted molar refractivity (Wildman–Crippen MR) is 130 cm³/mol. The highest BCUT2D eigenvalue weighted by molar-refractivity contribution is 6.06. The maximum Gasteiger partial charge on any atom is 0.255 e. The molecule has 1 unspecified atom stereocenters. The SMILES string of the molecule is COc1ccccc1-c1nc2n(n1)C(c1cccc(O)c1)C(C(=O)Nc1ccccc1)=C(C)N2. The van der Waals surface area contributed by atoms with Crippen LogP contribution in [0.4, 0.5) is 11.6 Å². The first-order chi connectivity index (χ1) is 16.5. The third kappa shape index (κ3) is 3.86. The number of hydrogen-bond acceptors (Lipinski definition) is 6. The first kappa shape index (κ1) is 21.3. The van der Waals surface area contributed by atoms with E-state index in [2.05, 4.69) is 15.6 Å². The standard InChI is InChI=1S/C26H23N5O3/c1-16-22(25(33)28-18-10-4-3-5-11-18)23(17-9-8-12-19(32)15-17)31-26(27-16)29-24(30-31)20-13-6-7-14-21(20)34-2/h3-15,23,32H,1-2H3,(H,28,33)(H,27,29,30). The van der Waals surface area contributed by atoms with Crippen molar-refractivity contribution >= 4 is 17.5 Å². The van der Waals surface area contributed by atoms with Crippen molar-refractivity contribution in [3.8, 4) is 22.9 Å². The van der Waals surface area contributed by atoms with Crippen LogP contribution in [0, 0.1) is 0 Å². The lowest BCUT2D eigenvalue weighted by atomic mass is 9.95. The number of allylic oxidation sites excluding steroid dienone is 1. The molecule has 4 aromatic rings. The van der Waals surface area contributed by atoms with Gasteiger partial charge in [-0.05, 0) is 48.9 Å². The maximum absolute atomic E-state index is 13.5. The molecule has 0 aliphatic carbocycles. The number of para-hydroxylation sites is 2. The Labute approximate surface area is 196 Å². The van der Waals surface area contributed by atoms with Gasteiger partial charge in [0, 0.05) is 11.4 Å². The number of carbonyl (C=O) groups is 1. The Morgan fingerprint density at radius 3 is 2.59 bits per heavy atom.